The minimum Gasteiger partial charge on any atom is -0.465 e. The fraction of sp³-hybridized carbons (Fsp3) is 0.312. The molecule has 120 valence electrons. The van der Waals surface area contributed by atoms with Crippen molar-refractivity contribution in [1.82, 2.24) is 9.88 Å². The zero-order valence-electron chi connectivity index (χ0n) is 12.5. The number of aromatic nitrogens is 1. The lowest BCUT2D eigenvalue weighted by Gasteiger charge is -2.30. The van der Waals surface area contributed by atoms with Gasteiger partial charge in [-0.05, 0) is 31.1 Å². The molecule has 0 bridgehead atoms. The lowest BCUT2D eigenvalue weighted by atomic mass is 9.96. The Bertz CT molecular complexity index is 672. The quantitative estimate of drug-likeness (QED) is 0.874. The largest absolute Gasteiger partial charge is 0.465 e. The first kappa shape index (κ1) is 15.5. The molecule has 1 saturated heterocycles. The Balaban J connectivity index is 1.48. The van der Waals surface area contributed by atoms with E-state index in [1.54, 1.807) is 35.6 Å². The molecule has 1 aliphatic heterocycles. The van der Waals surface area contributed by atoms with Gasteiger partial charge in [-0.3, -0.25) is 9.59 Å². The molecular formula is C16H17N3O3S. The molecule has 0 spiro atoms. The molecule has 2 aromatic heterocycles. The first-order valence-corrected chi connectivity index (χ1v) is 8.31. The van der Waals surface area contributed by atoms with Gasteiger partial charge in [0.15, 0.2) is 5.13 Å². The van der Waals surface area contributed by atoms with Gasteiger partial charge in [-0.1, -0.05) is 0 Å². The second-order valence-corrected chi connectivity index (χ2v) is 6.17. The van der Waals surface area contributed by atoms with Crippen LogP contribution < -0.4 is 5.32 Å². The maximum absolute atomic E-state index is 12.1. The van der Waals surface area contributed by atoms with Crippen LogP contribution in [0.4, 0.5) is 5.13 Å². The molecule has 1 N–H and O–H groups in total. The van der Waals surface area contributed by atoms with Gasteiger partial charge in [0.2, 0.25) is 11.8 Å². The molecule has 1 fully saturated rings. The van der Waals surface area contributed by atoms with Gasteiger partial charge in [0, 0.05) is 36.7 Å². The number of anilines is 1. The minimum atomic E-state index is -0.0722. The molecule has 6 nitrogen and oxygen atoms in total. The summed E-state index contributed by atoms with van der Waals surface area (Å²) in [4.78, 5) is 30.1. The van der Waals surface area contributed by atoms with E-state index < -0.39 is 0 Å². The van der Waals surface area contributed by atoms with Crippen LogP contribution in [-0.2, 0) is 9.59 Å². The Labute approximate surface area is 137 Å². The van der Waals surface area contributed by atoms with Gasteiger partial charge in [0.05, 0.1) is 6.26 Å². The molecule has 2 aromatic rings. The average Bonchev–Trinajstić information content (AvgIpc) is 3.26. The highest BCUT2D eigenvalue weighted by Crippen LogP contribution is 2.20. The first-order valence-electron chi connectivity index (χ1n) is 7.43. The topological polar surface area (TPSA) is 75.4 Å². The second-order valence-electron chi connectivity index (χ2n) is 5.27. The number of amides is 2. The summed E-state index contributed by atoms with van der Waals surface area (Å²) in [6.07, 6.45) is 7.72. The van der Waals surface area contributed by atoms with Crippen LogP contribution >= 0.6 is 11.3 Å². The van der Waals surface area contributed by atoms with E-state index in [1.807, 2.05) is 5.38 Å². The summed E-state index contributed by atoms with van der Waals surface area (Å²) in [6, 6.07) is 3.57. The Morgan fingerprint density at radius 3 is 2.87 bits per heavy atom. The molecule has 0 aliphatic carbocycles. The number of carbonyl (C=O) groups is 2. The van der Waals surface area contributed by atoms with Crippen LogP contribution in [-0.4, -0.2) is 34.8 Å². The summed E-state index contributed by atoms with van der Waals surface area (Å²) in [6.45, 7) is 1.16. The molecule has 3 heterocycles. The van der Waals surface area contributed by atoms with E-state index in [1.165, 1.54) is 17.4 Å². The zero-order chi connectivity index (χ0) is 16.1. The van der Waals surface area contributed by atoms with E-state index in [4.69, 9.17) is 4.42 Å². The maximum atomic E-state index is 12.1. The number of nitrogens with zero attached hydrogens (tertiary/aromatic N) is 2. The number of piperidine rings is 1. The van der Waals surface area contributed by atoms with Crippen molar-refractivity contribution >= 4 is 34.4 Å². The summed E-state index contributed by atoms with van der Waals surface area (Å²) < 4.78 is 5.15. The van der Waals surface area contributed by atoms with E-state index in [9.17, 15) is 9.59 Å². The highest BCUT2D eigenvalue weighted by Gasteiger charge is 2.26. The summed E-state index contributed by atoms with van der Waals surface area (Å²) >= 11 is 1.40. The first-order chi connectivity index (χ1) is 11.2. The SMILES string of the molecule is O=C(Nc1nccs1)C1CCN(C(=O)/C=C/c2ccco2)CC1. The molecule has 0 unspecified atom stereocenters. The van der Waals surface area contributed by atoms with Crippen LogP contribution in [0.15, 0.2) is 40.5 Å². The molecule has 7 heteroatoms. The van der Waals surface area contributed by atoms with E-state index in [0.29, 0.717) is 36.8 Å². The lowest BCUT2D eigenvalue weighted by molar-refractivity contribution is -0.130. The Hall–Kier alpha value is -2.41. The fourth-order valence-electron chi connectivity index (χ4n) is 2.50. The van der Waals surface area contributed by atoms with Gasteiger partial charge < -0.3 is 14.6 Å². The molecule has 23 heavy (non-hydrogen) atoms. The summed E-state index contributed by atoms with van der Waals surface area (Å²) in [5.74, 6) is 0.506. The van der Waals surface area contributed by atoms with Crippen LogP contribution in [0.5, 0.6) is 0 Å². The van der Waals surface area contributed by atoms with Gasteiger partial charge in [-0.15, -0.1) is 11.3 Å². The normalized spacial score (nSPS) is 15.9. The molecular weight excluding hydrogens is 314 g/mol. The van der Waals surface area contributed by atoms with E-state index >= 15 is 0 Å². The molecule has 2 amide bonds. The predicted octanol–water partition coefficient (Wildman–Crippen LogP) is 2.63. The maximum Gasteiger partial charge on any atom is 0.246 e. The third kappa shape index (κ3) is 4.07. The van der Waals surface area contributed by atoms with Gasteiger partial charge >= 0.3 is 0 Å². The van der Waals surface area contributed by atoms with Crippen molar-refractivity contribution in [3.8, 4) is 0 Å². The van der Waals surface area contributed by atoms with Crippen molar-refractivity contribution in [1.29, 1.82) is 0 Å². The molecule has 0 radical (unpaired) electrons. The van der Waals surface area contributed by atoms with Gasteiger partial charge in [0.1, 0.15) is 5.76 Å². The zero-order valence-corrected chi connectivity index (χ0v) is 13.3. The second kappa shape index (κ2) is 7.23. The Kier molecular flexibility index (Phi) is 4.87. The summed E-state index contributed by atoms with van der Waals surface area (Å²) in [7, 11) is 0. The lowest BCUT2D eigenvalue weighted by Crippen LogP contribution is -2.40. The van der Waals surface area contributed by atoms with Crippen molar-refractivity contribution in [2.45, 2.75) is 12.8 Å². The van der Waals surface area contributed by atoms with E-state index in [-0.39, 0.29) is 17.7 Å². The third-order valence-corrected chi connectivity index (χ3v) is 4.46. The van der Waals surface area contributed by atoms with Crippen LogP contribution in [0.3, 0.4) is 0 Å². The Morgan fingerprint density at radius 2 is 2.22 bits per heavy atom. The Morgan fingerprint density at radius 1 is 1.39 bits per heavy atom. The minimum absolute atomic E-state index is 0.0156. The molecule has 1 aliphatic rings. The van der Waals surface area contributed by atoms with Crippen molar-refractivity contribution in [2.24, 2.45) is 5.92 Å². The molecule has 0 aromatic carbocycles. The summed E-state index contributed by atoms with van der Waals surface area (Å²) in [5, 5.41) is 5.26. The van der Waals surface area contributed by atoms with Crippen molar-refractivity contribution in [2.75, 3.05) is 18.4 Å². The van der Waals surface area contributed by atoms with Gasteiger partial charge in [0.25, 0.3) is 0 Å². The van der Waals surface area contributed by atoms with Crippen LogP contribution in [0.25, 0.3) is 6.08 Å². The third-order valence-electron chi connectivity index (χ3n) is 3.77. The number of nitrogens with one attached hydrogen (secondary N) is 1. The van der Waals surface area contributed by atoms with Gasteiger partial charge in [-0.25, -0.2) is 4.98 Å². The smallest absolute Gasteiger partial charge is 0.246 e. The number of thiazole rings is 1. The van der Waals surface area contributed by atoms with Crippen LogP contribution in [0.1, 0.15) is 18.6 Å². The van der Waals surface area contributed by atoms with E-state index in [0.717, 1.165) is 0 Å². The molecule has 0 atom stereocenters. The molecule has 3 rings (SSSR count). The predicted molar refractivity (Wildman–Crippen MR) is 87.8 cm³/mol. The fourth-order valence-corrected chi connectivity index (χ4v) is 3.03. The molecule has 0 saturated carbocycles. The van der Waals surface area contributed by atoms with Crippen molar-refractivity contribution in [3.63, 3.8) is 0 Å². The number of hydrogen-bond acceptors (Lipinski definition) is 5. The number of carbonyl (C=O) groups excluding carboxylic acids is 2. The highest BCUT2D eigenvalue weighted by atomic mass is 32.1. The van der Waals surface area contributed by atoms with Gasteiger partial charge in [-0.2, -0.15) is 0 Å². The van der Waals surface area contributed by atoms with Crippen molar-refractivity contribution < 1.29 is 14.0 Å². The number of hydrogen-bond donors (Lipinski definition) is 1. The number of likely N-dealkylation sites (tertiary alicyclic amines) is 1. The highest BCUT2D eigenvalue weighted by molar-refractivity contribution is 7.13. The summed E-state index contributed by atoms with van der Waals surface area (Å²) in [5.41, 5.74) is 0. The standard InChI is InChI=1S/C16H17N3O3S/c20-14(4-3-13-2-1-10-22-13)19-8-5-12(6-9-19)15(21)18-16-17-7-11-23-16/h1-4,7,10-12H,5-6,8-9H2,(H,17,18,21)/b4-3+. The van der Waals surface area contributed by atoms with Crippen molar-refractivity contribution in [3.05, 3.63) is 41.8 Å². The number of furan rings is 1. The van der Waals surface area contributed by atoms with Crippen LogP contribution in [0, 0.1) is 5.92 Å². The monoisotopic (exact) mass is 331 g/mol. The van der Waals surface area contributed by atoms with Crippen LogP contribution in [0.2, 0.25) is 0 Å². The number of rotatable bonds is 4. The van der Waals surface area contributed by atoms with E-state index in [2.05, 4.69) is 10.3 Å². The average molecular weight is 331 g/mol.